The Kier molecular flexibility index (Phi) is 3.36. The van der Waals surface area contributed by atoms with Crippen LogP contribution >= 0.6 is 22.6 Å². The van der Waals surface area contributed by atoms with E-state index in [4.69, 9.17) is 4.74 Å². The van der Waals surface area contributed by atoms with Crippen LogP contribution in [0.25, 0.3) is 0 Å². The van der Waals surface area contributed by atoms with E-state index in [9.17, 15) is 9.59 Å². The molecule has 0 saturated heterocycles. The fourth-order valence-electron chi connectivity index (χ4n) is 1.68. The van der Waals surface area contributed by atoms with Gasteiger partial charge in [0, 0.05) is 10.2 Å². The van der Waals surface area contributed by atoms with Crippen LogP contribution in [0.1, 0.15) is 22.8 Å². The minimum Gasteiger partial charge on any atom is -0.331 e. The maximum absolute atomic E-state index is 11.9. The molecule has 0 fully saturated rings. The van der Waals surface area contributed by atoms with Gasteiger partial charge >= 0.3 is 11.8 Å². The lowest BCUT2D eigenvalue weighted by molar-refractivity contribution is -0.742. The SMILES string of the molecule is CCOC[NH+]1C(=O)c2ccc(I)cc2C1=[OH+]. The second-order valence-corrected chi connectivity index (χ2v) is 4.73. The molecule has 0 radical (unpaired) electrons. The highest BCUT2D eigenvalue weighted by Crippen LogP contribution is 2.15. The van der Waals surface area contributed by atoms with E-state index in [2.05, 4.69) is 22.6 Å². The molecular formula is C11H12INO3+2. The minimum atomic E-state index is -0.127. The van der Waals surface area contributed by atoms with Gasteiger partial charge in [-0.1, -0.05) is 0 Å². The van der Waals surface area contributed by atoms with Crippen molar-refractivity contribution in [1.29, 1.82) is 0 Å². The number of halogens is 1. The van der Waals surface area contributed by atoms with Crippen LogP contribution in [0.4, 0.5) is 0 Å². The first-order valence-electron chi connectivity index (χ1n) is 4.99. The van der Waals surface area contributed by atoms with Gasteiger partial charge in [-0.3, -0.25) is 0 Å². The Morgan fingerprint density at radius 1 is 1.44 bits per heavy atom. The molecule has 16 heavy (non-hydrogen) atoms. The smallest absolute Gasteiger partial charge is 0.331 e. The van der Waals surface area contributed by atoms with Crippen LogP contribution in [-0.2, 0) is 4.74 Å². The first kappa shape index (κ1) is 11.7. The Hall–Kier alpha value is -0.790. The predicted molar refractivity (Wildman–Crippen MR) is 67.0 cm³/mol. The van der Waals surface area contributed by atoms with Crippen molar-refractivity contribution >= 4 is 34.4 Å². The van der Waals surface area contributed by atoms with Crippen LogP contribution in [0.3, 0.4) is 0 Å². The summed E-state index contributed by atoms with van der Waals surface area (Å²) in [6, 6.07) is 5.41. The lowest BCUT2D eigenvalue weighted by Gasteiger charge is -2.02. The number of carbonyl (C=O) groups excluding carboxylic acids is 2. The van der Waals surface area contributed by atoms with Gasteiger partial charge in [0.15, 0.2) is 12.3 Å². The molecular weight excluding hydrogens is 321 g/mol. The highest BCUT2D eigenvalue weighted by molar-refractivity contribution is 14.1. The number of nitrogens with one attached hydrogen (secondary N) is 1. The predicted octanol–water partition coefficient (Wildman–Crippen LogP) is 0.174. The quantitative estimate of drug-likeness (QED) is 0.487. The molecule has 84 valence electrons. The second-order valence-electron chi connectivity index (χ2n) is 3.48. The highest BCUT2D eigenvalue weighted by atomic mass is 127. The van der Waals surface area contributed by atoms with E-state index in [1.165, 1.54) is 0 Å². The summed E-state index contributed by atoms with van der Waals surface area (Å²) < 4.78 is 6.17. The number of quaternary nitrogens is 1. The van der Waals surface area contributed by atoms with Gasteiger partial charge in [-0.25, -0.2) is 9.59 Å². The Morgan fingerprint density at radius 3 is 2.88 bits per heavy atom. The van der Waals surface area contributed by atoms with Crippen molar-refractivity contribution in [2.24, 2.45) is 0 Å². The van der Waals surface area contributed by atoms with Gasteiger partial charge in [0.2, 0.25) is 0 Å². The zero-order chi connectivity index (χ0) is 11.7. The highest BCUT2D eigenvalue weighted by Gasteiger charge is 2.47. The number of hydrogen-bond donors (Lipinski definition) is 1. The summed E-state index contributed by atoms with van der Waals surface area (Å²) in [4.78, 5) is 22.2. The molecule has 0 aromatic heterocycles. The van der Waals surface area contributed by atoms with Gasteiger partial charge < -0.3 is 4.74 Å². The summed E-state index contributed by atoms with van der Waals surface area (Å²) in [5, 5.41) is 0. The fourth-order valence-corrected chi connectivity index (χ4v) is 2.17. The summed E-state index contributed by atoms with van der Waals surface area (Å²) in [6.07, 6.45) is 0. The standard InChI is InChI=1S/C11H10INO3/c1-2-16-6-13-10(14)8-4-3-7(12)5-9(8)11(13)15/h3-5H,2,6H2,1H3/p+2. The van der Waals surface area contributed by atoms with Gasteiger partial charge in [0.1, 0.15) is 5.56 Å². The van der Waals surface area contributed by atoms with Crippen molar-refractivity contribution < 1.29 is 19.2 Å². The first-order valence-corrected chi connectivity index (χ1v) is 6.07. The van der Waals surface area contributed by atoms with Crippen molar-refractivity contribution in [2.75, 3.05) is 13.3 Å². The van der Waals surface area contributed by atoms with Crippen molar-refractivity contribution in [3.8, 4) is 0 Å². The van der Waals surface area contributed by atoms with Crippen molar-refractivity contribution in [3.63, 3.8) is 0 Å². The van der Waals surface area contributed by atoms with Crippen molar-refractivity contribution in [1.82, 2.24) is 0 Å². The monoisotopic (exact) mass is 333 g/mol. The third-order valence-corrected chi connectivity index (χ3v) is 3.16. The number of fused-ring (bicyclic) bond motifs is 1. The third-order valence-electron chi connectivity index (χ3n) is 2.49. The van der Waals surface area contributed by atoms with Gasteiger partial charge in [0.25, 0.3) is 0 Å². The molecule has 0 aliphatic carbocycles. The molecule has 1 aliphatic heterocycles. The summed E-state index contributed by atoms with van der Waals surface area (Å²) >= 11 is 2.15. The molecule has 2 amide bonds. The minimum absolute atomic E-state index is 0.0620. The van der Waals surface area contributed by atoms with Crippen molar-refractivity contribution in [3.05, 3.63) is 32.9 Å². The van der Waals surface area contributed by atoms with Crippen LogP contribution in [-0.4, -0.2) is 29.9 Å². The summed E-state index contributed by atoms with van der Waals surface area (Å²) in [5.74, 6) is -0.0654. The lowest BCUT2D eigenvalue weighted by atomic mass is 10.1. The van der Waals surface area contributed by atoms with Gasteiger partial charge in [-0.2, -0.15) is 0 Å². The van der Waals surface area contributed by atoms with Crippen molar-refractivity contribution in [2.45, 2.75) is 6.92 Å². The van der Waals surface area contributed by atoms with E-state index >= 15 is 0 Å². The average molecular weight is 333 g/mol. The van der Waals surface area contributed by atoms with Crippen LogP contribution in [0.15, 0.2) is 18.2 Å². The number of benzene rings is 1. The molecule has 2 rings (SSSR count). The zero-order valence-electron chi connectivity index (χ0n) is 8.79. The van der Waals surface area contributed by atoms with Crippen LogP contribution in [0.2, 0.25) is 0 Å². The largest absolute Gasteiger partial charge is 0.523 e. The van der Waals surface area contributed by atoms with Gasteiger partial charge in [-0.15, -0.1) is 4.90 Å². The average Bonchev–Trinajstić information content (AvgIpc) is 2.50. The topological polar surface area (TPSA) is 52.1 Å². The van der Waals surface area contributed by atoms with Gasteiger partial charge in [-0.05, 0) is 47.7 Å². The van der Waals surface area contributed by atoms with E-state index in [0.717, 1.165) is 3.57 Å². The summed E-state index contributed by atoms with van der Waals surface area (Å²) in [7, 11) is 0. The molecule has 0 spiro atoms. The van der Waals surface area contributed by atoms with E-state index in [1.54, 1.807) is 6.07 Å². The third kappa shape index (κ3) is 1.90. The molecule has 1 aromatic rings. The Morgan fingerprint density at radius 2 is 2.19 bits per heavy atom. The van der Waals surface area contributed by atoms with Crippen LogP contribution in [0, 0.1) is 3.57 Å². The molecule has 0 bridgehead atoms. The number of rotatable bonds is 3. The Labute approximate surface area is 107 Å². The Bertz CT molecular complexity index is 459. The molecule has 0 saturated carbocycles. The normalized spacial score (nSPS) is 19.0. The summed E-state index contributed by atoms with van der Waals surface area (Å²) in [5.41, 5.74) is 1.18. The first-order chi connectivity index (χ1) is 7.65. The molecule has 4 nitrogen and oxygen atoms in total. The number of ether oxygens (including phenoxy) is 1. The van der Waals surface area contributed by atoms with E-state index < -0.39 is 0 Å². The number of amides is 2. The molecule has 1 atom stereocenters. The lowest BCUT2D eigenvalue weighted by Crippen LogP contribution is -3.15. The molecule has 1 aromatic carbocycles. The van der Waals surface area contributed by atoms with Crippen LogP contribution in [0.5, 0.6) is 0 Å². The Balaban J connectivity index is 2.33. The number of carbonyl (C=O) groups is 1. The molecule has 5 heteroatoms. The molecule has 2 N–H and O–H groups in total. The molecule has 1 aliphatic rings. The molecule has 1 heterocycles. The maximum atomic E-state index is 11.9. The number of imide groups is 1. The van der Waals surface area contributed by atoms with E-state index in [1.807, 2.05) is 19.1 Å². The molecule has 1 unspecified atom stereocenters. The van der Waals surface area contributed by atoms with E-state index in [-0.39, 0.29) is 18.5 Å². The van der Waals surface area contributed by atoms with Crippen LogP contribution < -0.4 is 4.90 Å². The second kappa shape index (κ2) is 4.60. The van der Waals surface area contributed by atoms with Gasteiger partial charge in [0.05, 0.1) is 0 Å². The summed E-state index contributed by atoms with van der Waals surface area (Å²) in [6.45, 7) is 2.55. The van der Waals surface area contributed by atoms with E-state index in [0.29, 0.717) is 22.6 Å². The maximum Gasteiger partial charge on any atom is 0.523 e. The number of hydrogen-bond acceptors (Lipinski definition) is 2. The fraction of sp³-hybridized carbons (Fsp3) is 0.273. The zero-order valence-corrected chi connectivity index (χ0v) is 10.9.